The number of nitrogens with zero attached hydrogens (tertiary/aromatic N) is 1. The summed E-state index contributed by atoms with van der Waals surface area (Å²) in [4.78, 5) is 5.78. The van der Waals surface area contributed by atoms with Crippen LogP contribution in [0.1, 0.15) is 34.8 Å². The van der Waals surface area contributed by atoms with Crippen LogP contribution in [-0.4, -0.2) is 24.7 Å². The summed E-state index contributed by atoms with van der Waals surface area (Å²) < 4.78 is 5.59. The van der Waals surface area contributed by atoms with Crippen molar-refractivity contribution in [3.8, 4) is 0 Å². The third-order valence-corrected chi connectivity index (χ3v) is 4.05. The molecular formula is C13H22N2OS. The van der Waals surface area contributed by atoms with E-state index in [0.29, 0.717) is 0 Å². The van der Waals surface area contributed by atoms with Crippen LogP contribution in [0.15, 0.2) is 0 Å². The molecule has 0 atom stereocenters. The van der Waals surface area contributed by atoms with E-state index in [-0.39, 0.29) is 0 Å². The highest BCUT2D eigenvalue weighted by atomic mass is 32.1. The van der Waals surface area contributed by atoms with Crippen LogP contribution in [0.2, 0.25) is 0 Å². The molecule has 0 radical (unpaired) electrons. The second-order valence-corrected chi connectivity index (χ2v) is 6.08. The van der Waals surface area contributed by atoms with Gasteiger partial charge in [-0.05, 0) is 45.6 Å². The zero-order valence-electron chi connectivity index (χ0n) is 10.8. The SMILES string of the molecule is Cc1nc(C)c(CNCCCOCC2CC2)s1. The Morgan fingerprint density at radius 1 is 1.41 bits per heavy atom. The molecule has 96 valence electrons. The van der Waals surface area contributed by atoms with E-state index in [0.717, 1.165) is 43.6 Å². The summed E-state index contributed by atoms with van der Waals surface area (Å²) in [6.45, 7) is 7.99. The maximum Gasteiger partial charge on any atom is 0.0900 e. The van der Waals surface area contributed by atoms with Gasteiger partial charge in [-0.15, -0.1) is 11.3 Å². The van der Waals surface area contributed by atoms with E-state index in [2.05, 4.69) is 24.1 Å². The summed E-state index contributed by atoms with van der Waals surface area (Å²) in [5.74, 6) is 0.880. The molecule has 0 unspecified atom stereocenters. The van der Waals surface area contributed by atoms with Crippen LogP contribution in [0.3, 0.4) is 0 Å². The molecule has 1 N–H and O–H groups in total. The number of nitrogens with one attached hydrogen (secondary N) is 1. The molecule has 17 heavy (non-hydrogen) atoms. The zero-order chi connectivity index (χ0) is 12.1. The summed E-state index contributed by atoms with van der Waals surface area (Å²) in [6, 6.07) is 0. The van der Waals surface area contributed by atoms with E-state index in [9.17, 15) is 0 Å². The molecule has 1 aromatic heterocycles. The maximum absolute atomic E-state index is 5.59. The van der Waals surface area contributed by atoms with Crippen molar-refractivity contribution in [3.05, 3.63) is 15.6 Å². The second kappa shape index (κ2) is 6.47. The van der Waals surface area contributed by atoms with Crippen molar-refractivity contribution in [3.63, 3.8) is 0 Å². The van der Waals surface area contributed by atoms with Crippen molar-refractivity contribution in [2.75, 3.05) is 19.8 Å². The minimum atomic E-state index is 0.880. The molecule has 1 saturated carbocycles. The second-order valence-electron chi connectivity index (χ2n) is 4.79. The molecule has 1 fully saturated rings. The van der Waals surface area contributed by atoms with Crippen molar-refractivity contribution in [2.45, 2.75) is 39.7 Å². The van der Waals surface area contributed by atoms with Crippen molar-refractivity contribution < 1.29 is 4.74 Å². The van der Waals surface area contributed by atoms with Crippen LogP contribution in [0, 0.1) is 19.8 Å². The molecule has 0 spiro atoms. The third-order valence-electron chi connectivity index (χ3n) is 2.98. The van der Waals surface area contributed by atoms with Gasteiger partial charge in [-0.3, -0.25) is 0 Å². The Balaban J connectivity index is 1.49. The van der Waals surface area contributed by atoms with E-state index < -0.39 is 0 Å². The third kappa shape index (κ3) is 4.74. The molecule has 3 nitrogen and oxygen atoms in total. The molecule has 1 aliphatic carbocycles. The summed E-state index contributed by atoms with van der Waals surface area (Å²) in [5.41, 5.74) is 1.17. The van der Waals surface area contributed by atoms with E-state index in [1.54, 1.807) is 11.3 Å². The quantitative estimate of drug-likeness (QED) is 0.724. The number of aryl methyl sites for hydroxylation is 2. The Bertz CT molecular complexity index is 347. The fraction of sp³-hybridized carbons (Fsp3) is 0.769. The molecule has 0 bridgehead atoms. The average molecular weight is 254 g/mol. The minimum absolute atomic E-state index is 0.880. The van der Waals surface area contributed by atoms with Gasteiger partial charge in [0.2, 0.25) is 0 Å². The van der Waals surface area contributed by atoms with Gasteiger partial charge in [0.05, 0.1) is 10.7 Å². The maximum atomic E-state index is 5.59. The van der Waals surface area contributed by atoms with E-state index in [1.165, 1.54) is 23.4 Å². The minimum Gasteiger partial charge on any atom is -0.381 e. The van der Waals surface area contributed by atoms with Gasteiger partial charge in [0.1, 0.15) is 0 Å². The predicted octanol–water partition coefficient (Wildman–Crippen LogP) is 2.67. The lowest BCUT2D eigenvalue weighted by molar-refractivity contribution is 0.122. The van der Waals surface area contributed by atoms with Crippen molar-refractivity contribution in [1.82, 2.24) is 10.3 Å². The zero-order valence-corrected chi connectivity index (χ0v) is 11.6. The van der Waals surface area contributed by atoms with Crippen LogP contribution in [0.4, 0.5) is 0 Å². The molecule has 1 heterocycles. The smallest absolute Gasteiger partial charge is 0.0900 e. The normalized spacial score (nSPS) is 15.4. The Labute approximate surface area is 108 Å². The summed E-state index contributed by atoms with van der Waals surface area (Å²) >= 11 is 1.79. The number of hydrogen-bond donors (Lipinski definition) is 1. The largest absolute Gasteiger partial charge is 0.381 e. The topological polar surface area (TPSA) is 34.2 Å². The van der Waals surface area contributed by atoms with Crippen LogP contribution in [-0.2, 0) is 11.3 Å². The van der Waals surface area contributed by atoms with Crippen LogP contribution < -0.4 is 5.32 Å². The Morgan fingerprint density at radius 3 is 2.88 bits per heavy atom. The molecule has 0 amide bonds. The van der Waals surface area contributed by atoms with Crippen LogP contribution in [0.5, 0.6) is 0 Å². The molecule has 1 aromatic rings. The first-order valence-corrected chi connectivity index (χ1v) is 7.28. The first-order chi connectivity index (χ1) is 8.25. The molecule has 1 aliphatic rings. The Morgan fingerprint density at radius 2 is 2.24 bits per heavy atom. The first kappa shape index (κ1) is 13.0. The lowest BCUT2D eigenvalue weighted by atomic mass is 10.3. The van der Waals surface area contributed by atoms with E-state index >= 15 is 0 Å². The number of ether oxygens (including phenoxy) is 1. The fourth-order valence-electron chi connectivity index (χ4n) is 1.77. The number of thiazole rings is 1. The van der Waals surface area contributed by atoms with Gasteiger partial charge >= 0.3 is 0 Å². The Kier molecular flexibility index (Phi) is 4.95. The predicted molar refractivity (Wildman–Crippen MR) is 71.5 cm³/mol. The van der Waals surface area contributed by atoms with Gasteiger partial charge in [0, 0.05) is 24.6 Å². The fourth-order valence-corrected chi connectivity index (χ4v) is 2.68. The molecule has 2 rings (SSSR count). The van der Waals surface area contributed by atoms with E-state index in [4.69, 9.17) is 4.74 Å². The van der Waals surface area contributed by atoms with Gasteiger partial charge in [0.15, 0.2) is 0 Å². The van der Waals surface area contributed by atoms with Crippen molar-refractivity contribution in [1.29, 1.82) is 0 Å². The van der Waals surface area contributed by atoms with Gasteiger partial charge in [-0.2, -0.15) is 0 Å². The number of rotatable bonds is 8. The standard InChI is InChI=1S/C13H22N2OS/c1-10-13(17-11(2)15-10)8-14-6-3-7-16-9-12-4-5-12/h12,14H,3-9H2,1-2H3. The monoisotopic (exact) mass is 254 g/mol. The highest BCUT2D eigenvalue weighted by Crippen LogP contribution is 2.28. The first-order valence-electron chi connectivity index (χ1n) is 6.47. The molecular weight excluding hydrogens is 232 g/mol. The van der Waals surface area contributed by atoms with Crippen molar-refractivity contribution in [2.24, 2.45) is 5.92 Å². The highest BCUT2D eigenvalue weighted by Gasteiger charge is 2.20. The average Bonchev–Trinajstić information content (AvgIpc) is 3.04. The van der Waals surface area contributed by atoms with Gasteiger partial charge < -0.3 is 10.1 Å². The molecule has 0 aromatic carbocycles. The summed E-state index contributed by atoms with van der Waals surface area (Å²) in [5, 5.41) is 4.61. The van der Waals surface area contributed by atoms with Gasteiger partial charge in [-0.25, -0.2) is 4.98 Å². The molecule has 4 heteroatoms. The molecule has 0 aliphatic heterocycles. The van der Waals surface area contributed by atoms with Crippen LogP contribution >= 0.6 is 11.3 Å². The summed E-state index contributed by atoms with van der Waals surface area (Å²) in [6.07, 6.45) is 3.86. The van der Waals surface area contributed by atoms with Gasteiger partial charge in [-0.1, -0.05) is 0 Å². The van der Waals surface area contributed by atoms with Gasteiger partial charge in [0.25, 0.3) is 0 Å². The highest BCUT2D eigenvalue weighted by molar-refractivity contribution is 7.11. The van der Waals surface area contributed by atoms with E-state index in [1.807, 2.05) is 0 Å². The lowest BCUT2D eigenvalue weighted by Crippen LogP contribution is -2.16. The van der Waals surface area contributed by atoms with Crippen LogP contribution in [0.25, 0.3) is 0 Å². The molecule has 0 saturated heterocycles. The number of hydrogen-bond acceptors (Lipinski definition) is 4. The van der Waals surface area contributed by atoms with Crippen molar-refractivity contribution >= 4 is 11.3 Å². The lowest BCUT2D eigenvalue weighted by Gasteiger charge is -2.04. The summed E-state index contributed by atoms with van der Waals surface area (Å²) in [7, 11) is 0. The Hall–Kier alpha value is -0.450. The number of aromatic nitrogens is 1.